The number of ether oxygens (including phenoxy) is 1. The summed E-state index contributed by atoms with van der Waals surface area (Å²) in [5.74, 6) is 1.04. The minimum Gasteiger partial charge on any atom is -0.495 e. The van der Waals surface area contributed by atoms with Crippen molar-refractivity contribution >= 4 is 9.84 Å². The third kappa shape index (κ3) is 3.73. The van der Waals surface area contributed by atoms with Crippen LogP contribution in [-0.4, -0.2) is 21.3 Å². The van der Waals surface area contributed by atoms with Crippen molar-refractivity contribution in [3.63, 3.8) is 0 Å². The molecule has 0 atom stereocenters. The summed E-state index contributed by atoms with van der Waals surface area (Å²) >= 11 is 0. The number of methoxy groups -OCH3 is 1. The second-order valence-corrected chi connectivity index (χ2v) is 7.46. The highest BCUT2D eigenvalue weighted by Gasteiger charge is 2.23. The van der Waals surface area contributed by atoms with Gasteiger partial charge in [0.05, 0.1) is 24.2 Å². The van der Waals surface area contributed by atoms with Crippen LogP contribution in [0.1, 0.15) is 36.8 Å². The zero-order chi connectivity index (χ0) is 14.6. The lowest BCUT2D eigenvalue weighted by Gasteiger charge is -2.11. The zero-order valence-corrected chi connectivity index (χ0v) is 12.4. The second kappa shape index (κ2) is 6.27. The Kier molecular flexibility index (Phi) is 4.66. The average molecular weight is 293 g/mol. The second-order valence-electron chi connectivity index (χ2n) is 5.35. The van der Waals surface area contributed by atoms with Gasteiger partial charge in [0.25, 0.3) is 0 Å². The molecule has 0 bridgehead atoms. The Morgan fingerprint density at radius 2 is 2.05 bits per heavy atom. The average Bonchev–Trinajstić information content (AvgIpc) is 2.90. The van der Waals surface area contributed by atoms with E-state index < -0.39 is 9.84 Å². The molecular weight excluding hydrogens is 274 g/mol. The number of rotatable bonds is 5. The van der Waals surface area contributed by atoms with Crippen LogP contribution in [0.25, 0.3) is 0 Å². The van der Waals surface area contributed by atoms with Crippen molar-refractivity contribution < 1.29 is 13.2 Å². The first kappa shape index (κ1) is 14.9. The van der Waals surface area contributed by atoms with Crippen molar-refractivity contribution in [2.24, 2.45) is 5.92 Å². The van der Waals surface area contributed by atoms with Crippen LogP contribution in [0.5, 0.6) is 5.75 Å². The molecule has 0 saturated heterocycles. The number of hydrogen-bond acceptors (Lipinski definition) is 4. The molecule has 0 aromatic heterocycles. The molecular formula is C15H19NO3S. The van der Waals surface area contributed by atoms with Gasteiger partial charge in [-0.05, 0) is 36.5 Å². The van der Waals surface area contributed by atoms with Gasteiger partial charge in [0, 0.05) is 0 Å². The van der Waals surface area contributed by atoms with Crippen LogP contribution >= 0.6 is 0 Å². The minimum absolute atomic E-state index is 0.0194. The fourth-order valence-corrected chi connectivity index (χ4v) is 4.62. The predicted molar refractivity (Wildman–Crippen MR) is 77.2 cm³/mol. The molecule has 0 heterocycles. The first-order valence-corrected chi connectivity index (χ1v) is 8.63. The molecule has 0 radical (unpaired) electrons. The molecule has 0 unspecified atom stereocenters. The summed E-state index contributed by atoms with van der Waals surface area (Å²) in [5.41, 5.74) is 1.10. The summed E-state index contributed by atoms with van der Waals surface area (Å²) in [5, 5.41) is 8.91. The van der Waals surface area contributed by atoms with E-state index in [9.17, 15) is 8.42 Å². The van der Waals surface area contributed by atoms with Crippen molar-refractivity contribution in [2.75, 3.05) is 12.9 Å². The van der Waals surface area contributed by atoms with E-state index in [0.29, 0.717) is 22.8 Å². The molecule has 1 saturated carbocycles. The van der Waals surface area contributed by atoms with Crippen molar-refractivity contribution in [1.29, 1.82) is 5.26 Å². The van der Waals surface area contributed by atoms with Gasteiger partial charge in [0.1, 0.15) is 11.8 Å². The SMILES string of the molecule is COc1cc(CS(=O)(=O)CC2CCCC2)ccc1C#N. The maximum Gasteiger partial charge on any atom is 0.154 e. The Morgan fingerprint density at radius 1 is 1.35 bits per heavy atom. The standard InChI is InChI=1S/C15H19NO3S/c1-19-15-8-13(6-7-14(15)9-16)11-20(17,18)10-12-4-2-3-5-12/h6-8,12H,2-5,10-11H2,1H3. The van der Waals surface area contributed by atoms with Crippen LogP contribution in [0.15, 0.2) is 18.2 Å². The zero-order valence-electron chi connectivity index (χ0n) is 11.6. The van der Waals surface area contributed by atoms with E-state index in [-0.39, 0.29) is 11.5 Å². The number of sulfone groups is 1. The van der Waals surface area contributed by atoms with E-state index in [1.54, 1.807) is 18.2 Å². The van der Waals surface area contributed by atoms with Crippen LogP contribution in [0.3, 0.4) is 0 Å². The number of benzene rings is 1. The monoisotopic (exact) mass is 293 g/mol. The Bertz CT molecular complexity index is 610. The third-order valence-electron chi connectivity index (χ3n) is 3.74. The summed E-state index contributed by atoms with van der Waals surface area (Å²) in [6.07, 6.45) is 4.33. The minimum atomic E-state index is -3.10. The fraction of sp³-hybridized carbons (Fsp3) is 0.533. The van der Waals surface area contributed by atoms with Crippen LogP contribution < -0.4 is 4.74 Å². The molecule has 1 aliphatic carbocycles. The van der Waals surface area contributed by atoms with Crippen LogP contribution in [0, 0.1) is 17.2 Å². The molecule has 0 N–H and O–H groups in total. The summed E-state index contributed by atoms with van der Waals surface area (Å²) < 4.78 is 29.5. The molecule has 1 aromatic carbocycles. The molecule has 1 aliphatic rings. The lowest BCUT2D eigenvalue weighted by Crippen LogP contribution is -2.15. The highest BCUT2D eigenvalue weighted by molar-refractivity contribution is 7.90. The molecule has 1 aromatic rings. The van der Waals surface area contributed by atoms with Crippen molar-refractivity contribution in [3.05, 3.63) is 29.3 Å². The van der Waals surface area contributed by atoms with E-state index in [4.69, 9.17) is 10.00 Å². The molecule has 0 amide bonds. The van der Waals surface area contributed by atoms with Crippen LogP contribution in [0.2, 0.25) is 0 Å². The van der Waals surface area contributed by atoms with Gasteiger partial charge in [-0.15, -0.1) is 0 Å². The molecule has 4 nitrogen and oxygen atoms in total. The van der Waals surface area contributed by atoms with Gasteiger partial charge in [-0.3, -0.25) is 0 Å². The van der Waals surface area contributed by atoms with E-state index in [1.165, 1.54) is 7.11 Å². The normalized spacial score (nSPS) is 16.0. The van der Waals surface area contributed by atoms with Gasteiger partial charge in [0.15, 0.2) is 9.84 Å². The lowest BCUT2D eigenvalue weighted by molar-refractivity contribution is 0.413. The molecule has 108 valence electrons. The Morgan fingerprint density at radius 3 is 2.65 bits per heavy atom. The number of nitriles is 1. The van der Waals surface area contributed by atoms with Crippen molar-refractivity contribution in [2.45, 2.75) is 31.4 Å². The summed E-state index contributed by atoms with van der Waals surface area (Å²) in [7, 11) is -1.62. The van der Waals surface area contributed by atoms with Gasteiger partial charge in [-0.25, -0.2) is 8.42 Å². The first-order chi connectivity index (χ1) is 9.54. The molecule has 20 heavy (non-hydrogen) atoms. The maximum absolute atomic E-state index is 12.2. The Labute approximate surface area is 120 Å². The smallest absolute Gasteiger partial charge is 0.154 e. The largest absolute Gasteiger partial charge is 0.495 e. The quantitative estimate of drug-likeness (QED) is 0.837. The summed E-state index contributed by atoms with van der Waals surface area (Å²) in [6.45, 7) is 0. The van der Waals surface area contributed by atoms with Crippen LogP contribution in [0.4, 0.5) is 0 Å². The molecule has 5 heteroatoms. The molecule has 0 aliphatic heterocycles. The first-order valence-electron chi connectivity index (χ1n) is 6.81. The summed E-state index contributed by atoms with van der Waals surface area (Å²) in [6, 6.07) is 6.96. The fourth-order valence-electron chi connectivity index (χ4n) is 2.77. The van der Waals surface area contributed by atoms with Gasteiger partial charge in [-0.1, -0.05) is 18.9 Å². The molecule has 2 rings (SSSR count). The number of nitrogens with zero attached hydrogens (tertiary/aromatic N) is 1. The van der Waals surface area contributed by atoms with Gasteiger partial charge in [0.2, 0.25) is 0 Å². The molecule has 1 fully saturated rings. The van der Waals surface area contributed by atoms with Crippen LogP contribution in [-0.2, 0) is 15.6 Å². The van der Waals surface area contributed by atoms with E-state index >= 15 is 0 Å². The predicted octanol–water partition coefficient (Wildman–Crippen LogP) is 2.67. The highest BCUT2D eigenvalue weighted by Crippen LogP contribution is 2.27. The third-order valence-corrected chi connectivity index (χ3v) is 5.49. The van der Waals surface area contributed by atoms with E-state index in [1.807, 2.05) is 6.07 Å². The lowest BCUT2D eigenvalue weighted by atomic mass is 10.1. The van der Waals surface area contributed by atoms with E-state index in [0.717, 1.165) is 25.7 Å². The Balaban J connectivity index is 2.10. The van der Waals surface area contributed by atoms with Gasteiger partial charge in [-0.2, -0.15) is 5.26 Å². The number of hydrogen-bond donors (Lipinski definition) is 0. The molecule has 0 spiro atoms. The van der Waals surface area contributed by atoms with Gasteiger partial charge < -0.3 is 4.74 Å². The Hall–Kier alpha value is -1.54. The van der Waals surface area contributed by atoms with Gasteiger partial charge >= 0.3 is 0 Å². The van der Waals surface area contributed by atoms with Crippen molar-refractivity contribution in [3.8, 4) is 11.8 Å². The highest BCUT2D eigenvalue weighted by atomic mass is 32.2. The summed E-state index contributed by atoms with van der Waals surface area (Å²) in [4.78, 5) is 0. The maximum atomic E-state index is 12.2. The van der Waals surface area contributed by atoms with E-state index in [2.05, 4.69) is 0 Å². The topological polar surface area (TPSA) is 67.2 Å². The van der Waals surface area contributed by atoms with Crippen molar-refractivity contribution in [1.82, 2.24) is 0 Å².